The van der Waals surface area contributed by atoms with E-state index in [4.69, 9.17) is 20.9 Å². The zero-order chi connectivity index (χ0) is 13.1. The highest BCUT2D eigenvalue weighted by molar-refractivity contribution is 6.33. The van der Waals surface area contributed by atoms with Crippen LogP contribution >= 0.6 is 11.6 Å². The Balaban J connectivity index is 2.21. The average Bonchev–Trinajstić information content (AvgIpc) is 2.67. The Labute approximate surface area is 109 Å². The van der Waals surface area contributed by atoms with Crippen LogP contribution in [0.2, 0.25) is 5.02 Å². The fourth-order valence-corrected chi connectivity index (χ4v) is 1.83. The Hall–Kier alpha value is -1.81. The summed E-state index contributed by atoms with van der Waals surface area (Å²) in [5, 5.41) is 4.21. The monoisotopic (exact) mass is 265 g/mol. The van der Waals surface area contributed by atoms with Crippen molar-refractivity contribution in [2.75, 3.05) is 0 Å². The summed E-state index contributed by atoms with van der Waals surface area (Å²) >= 11 is 5.91. The molecule has 1 aromatic heterocycles. The molecule has 94 valence electrons. The van der Waals surface area contributed by atoms with Crippen LogP contribution in [0.3, 0.4) is 0 Å². The number of aldehydes is 1. The molecule has 0 N–H and O–H groups in total. The third-order valence-electron chi connectivity index (χ3n) is 2.68. The number of hydrogen-bond donors (Lipinski definition) is 0. The normalized spacial score (nSPS) is 10.4. The number of carbonyl (C=O) groups is 1. The predicted octanol–water partition coefficient (Wildman–Crippen LogP) is 3.34. The van der Waals surface area contributed by atoms with Gasteiger partial charge in [0.1, 0.15) is 18.1 Å². The zero-order valence-electron chi connectivity index (χ0n) is 10.1. The van der Waals surface area contributed by atoms with Crippen molar-refractivity contribution in [1.82, 2.24) is 5.16 Å². The first-order valence-electron chi connectivity index (χ1n) is 5.41. The van der Waals surface area contributed by atoms with Gasteiger partial charge in [-0.05, 0) is 26.0 Å². The summed E-state index contributed by atoms with van der Waals surface area (Å²) in [6.07, 6.45) is 0.686. The maximum Gasteiger partial charge on any atom is 0.155 e. The molecule has 1 heterocycles. The summed E-state index contributed by atoms with van der Waals surface area (Å²) in [5.74, 6) is 1.17. The van der Waals surface area contributed by atoms with Crippen molar-refractivity contribution >= 4 is 17.9 Å². The van der Waals surface area contributed by atoms with Crippen LogP contribution in [0, 0.1) is 13.8 Å². The Morgan fingerprint density at radius 1 is 1.44 bits per heavy atom. The van der Waals surface area contributed by atoms with Crippen molar-refractivity contribution in [3.63, 3.8) is 0 Å². The Morgan fingerprint density at radius 3 is 2.83 bits per heavy atom. The van der Waals surface area contributed by atoms with E-state index in [0.717, 1.165) is 11.3 Å². The molecule has 0 unspecified atom stereocenters. The molecule has 18 heavy (non-hydrogen) atoms. The molecule has 0 atom stereocenters. The van der Waals surface area contributed by atoms with Crippen molar-refractivity contribution in [3.05, 3.63) is 45.8 Å². The summed E-state index contributed by atoms with van der Waals surface area (Å²) in [4.78, 5) is 10.9. The lowest BCUT2D eigenvalue weighted by molar-refractivity contribution is 0.111. The van der Waals surface area contributed by atoms with E-state index in [-0.39, 0.29) is 0 Å². The van der Waals surface area contributed by atoms with Gasteiger partial charge in [-0.3, -0.25) is 4.79 Å². The van der Waals surface area contributed by atoms with Gasteiger partial charge in [-0.1, -0.05) is 22.8 Å². The van der Waals surface area contributed by atoms with Crippen LogP contribution in [-0.2, 0) is 6.61 Å². The number of carbonyl (C=O) groups excluding carboxylic acids is 1. The minimum atomic E-state index is 0.294. The lowest BCUT2D eigenvalue weighted by atomic mass is 10.2. The Bertz CT molecular complexity index is 558. The van der Waals surface area contributed by atoms with Gasteiger partial charge in [-0.2, -0.15) is 0 Å². The van der Waals surface area contributed by atoms with Gasteiger partial charge in [-0.25, -0.2) is 0 Å². The topological polar surface area (TPSA) is 52.3 Å². The van der Waals surface area contributed by atoms with E-state index in [1.165, 1.54) is 0 Å². The summed E-state index contributed by atoms with van der Waals surface area (Å²) in [6.45, 7) is 3.95. The van der Waals surface area contributed by atoms with Gasteiger partial charge in [0.15, 0.2) is 6.29 Å². The van der Waals surface area contributed by atoms with E-state index in [0.29, 0.717) is 35.0 Å². The average molecular weight is 266 g/mol. The quantitative estimate of drug-likeness (QED) is 0.796. The number of aromatic nitrogens is 1. The molecule has 0 saturated heterocycles. The molecule has 0 amide bonds. The van der Waals surface area contributed by atoms with Crippen LogP contribution in [0.1, 0.15) is 27.4 Å². The van der Waals surface area contributed by atoms with Crippen LogP contribution in [0.25, 0.3) is 0 Å². The van der Waals surface area contributed by atoms with Crippen molar-refractivity contribution < 1.29 is 14.1 Å². The second-order valence-corrected chi connectivity index (χ2v) is 4.27. The summed E-state index contributed by atoms with van der Waals surface area (Å²) < 4.78 is 10.6. The van der Waals surface area contributed by atoms with Crippen molar-refractivity contribution in [2.45, 2.75) is 20.5 Å². The fourth-order valence-electron chi connectivity index (χ4n) is 1.62. The van der Waals surface area contributed by atoms with Crippen LogP contribution in [0.15, 0.2) is 22.7 Å². The summed E-state index contributed by atoms with van der Waals surface area (Å²) in [6, 6.07) is 5.08. The molecule has 0 aliphatic rings. The van der Waals surface area contributed by atoms with Gasteiger partial charge in [0.25, 0.3) is 0 Å². The van der Waals surface area contributed by atoms with Gasteiger partial charge in [0.05, 0.1) is 21.8 Å². The first-order chi connectivity index (χ1) is 8.63. The number of hydrogen-bond acceptors (Lipinski definition) is 4. The standard InChI is InChI=1S/C13H12ClNO3/c1-8-11(9(2)18-15-8)7-17-13-5-3-4-12(14)10(13)6-16/h3-6H,7H2,1-2H3. The van der Waals surface area contributed by atoms with Crippen LogP contribution in [-0.4, -0.2) is 11.4 Å². The zero-order valence-corrected chi connectivity index (χ0v) is 10.8. The van der Waals surface area contributed by atoms with E-state index < -0.39 is 0 Å². The van der Waals surface area contributed by atoms with Gasteiger partial charge in [0.2, 0.25) is 0 Å². The lowest BCUT2D eigenvalue weighted by Crippen LogP contribution is -2.00. The smallest absolute Gasteiger partial charge is 0.155 e. The number of rotatable bonds is 4. The van der Waals surface area contributed by atoms with Gasteiger partial charge >= 0.3 is 0 Å². The molecular formula is C13H12ClNO3. The van der Waals surface area contributed by atoms with Crippen molar-refractivity contribution in [1.29, 1.82) is 0 Å². The van der Waals surface area contributed by atoms with Crippen LogP contribution in [0.4, 0.5) is 0 Å². The molecule has 5 heteroatoms. The van der Waals surface area contributed by atoms with Gasteiger partial charge in [-0.15, -0.1) is 0 Å². The van der Waals surface area contributed by atoms with Crippen LogP contribution in [0.5, 0.6) is 5.75 Å². The van der Waals surface area contributed by atoms with Crippen molar-refractivity contribution in [3.8, 4) is 5.75 Å². The highest BCUT2D eigenvalue weighted by atomic mass is 35.5. The maximum atomic E-state index is 10.9. The van der Waals surface area contributed by atoms with E-state index in [2.05, 4.69) is 5.16 Å². The first kappa shape index (κ1) is 12.6. The molecule has 1 aromatic carbocycles. The third-order valence-corrected chi connectivity index (χ3v) is 3.01. The molecule has 2 aromatic rings. The second kappa shape index (κ2) is 5.23. The third kappa shape index (κ3) is 2.38. The number of nitrogens with zero attached hydrogens (tertiary/aromatic N) is 1. The SMILES string of the molecule is Cc1noc(C)c1COc1cccc(Cl)c1C=O. The van der Waals surface area contributed by atoms with Gasteiger partial charge in [0, 0.05) is 0 Å². The minimum Gasteiger partial charge on any atom is -0.488 e. The van der Waals surface area contributed by atoms with E-state index in [1.54, 1.807) is 18.2 Å². The van der Waals surface area contributed by atoms with Gasteiger partial charge < -0.3 is 9.26 Å². The minimum absolute atomic E-state index is 0.294. The molecule has 0 aliphatic carbocycles. The molecule has 0 fully saturated rings. The number of halogens is 1. The van der Waals surface area contributed by atoms with E-state index >= 15 is 0 Å². The number of ether oxygens (including phenoxy) is 1. The van der Waals surface area contributed by atoms with Crippen molar-refractivity contribution in [2.24, 2.45) is 0 Å². The van der Waals surface area contributed by atoms with Crippen LogP contribution < -0.4 is 4.74 Å². The number of benzene rings is 1. The van der Waals surface area contributed by atoms with E-state index in [1.807, 2.05) is 13.8 Å². The molecule has 0 saturated carbocycles. The number of aryl methyl sites for hydroxylation is 2. The highest BCUT2D eigenvalue weighted by Gasteiger charge is 2.12. The second-order valence-electron chi connectivity index (χ2n) is 3.86. The van der Waals surface area contributed by atoms with E-state index in [9.17, 15) is 4.79 Å². The molecule has 0 bridgehead atoms. The largest absolute Gasteiger partial charge is 0.488 e. The summed E-state index contributed by atoms with van der Waals surface area (Å²) in [5.41, 5.74) is 2.01. The Morgan fingerprint density at radius 2 is 2.22 bits per heavy atom. The highest BCUT2D eigenvalue weighted by Crippen LogP contribution is 2.26. The molecule has 4 nitrogen and oxygen atoms in total. The molecule has 0 aliphatic heterocycles. The summed E-state index contributed by atoms with van der Waals surface area (Å²) in [7, 11) is 0. The lowest BCUT2D eigenvalue weighted by Gasteiger charge is -2.08. The maximum absolute atomic E-state index is 10.9. The Kier molecular flexibility index (Phi) is 3.67. The molecule has 0 spiro atoms. The first-order valence-corrected chi connectivity index (χ1v) is 5.79. The predicted molar refractivity (Wildman–Crippen MR) is 67.1 cm³/mol. The fraction of sp³-hybridized carbons (Fsp3) is 0.231. The molecular weight excluding hydrogens is 254 g/mol. The molecule has 0 radical (unpaired) electrons. The molecule has 2 rings (SSSR count).